The molecule has 0 atom stereocenters. The molecule has 0 fully saturated rings. The number of hydrogen-bond donors (Lipinski definition) is 0. The van der Waals surface area contributed by atoms with Crippen molar-refractivity contribution < 1.29 is 4.57 Å². The largest absolute Gasteiger partial charge is 0.512 e. The SMILES string of the molecule is CCCCCCCC[n+]1ccccc1CC.[C-]#N. The minimum atomic E-state index is 1.14. The molecule has 1 aromatic heterocycles. The smallest absolute Gasteiger partial charge is 0.181 e. The number of aryl methyl sites for hydroxylation is 2. The Morgan fingerprint density at radius 3 is 2.33 bits per heavy atom. The molecule has 0 N–H and O–H groups in total. The molecule has 0 spiro atoms. The van der Waals surface area contributed by atoms with E-state index in [1.165, 1.54) is 50.8 Å². The van der Waals surface area contributed by atoms with Gasteiger partial charge in [-0.2, -0.15) is 0 Å². The van der Waals surface area contributed by atoms with Gasteiger partial charge in [-0.25, -0.2) is 4.57 Å². The number of pyridine rings is 1. The Hall–Kier alpha value is -1.36. The van der Waals surface area contributed by atoms with Crippen molar-refractivity contribution in [3.05, 3.63) is 36.7 Å². The summed E-state index contributed by atoms with van der Waals surface area (Å²) in [6.07, 6.45) is 11.6. The average molecular weight is 246 g/mol. The van der Waals surface area contributed by atoms with Crippen LogP contribution in [0.2, 0.25) is 0 Å². The average Bonchev–Trinajstić information content (AvgIpc) is 2.45. The molecule has 1 rings (SSSR count). The third-order valence-corrected chi connectivity index (χ3v) is 3.15. The molecule has 0 unspecified atom stereocenters. The molecule has 100 valence electrons. The molecule has 2 nitrogen and oxygen atoms in total. The van der Waals surface area contributed by atoms with E-state index in [0.717, 1.165) is 6.42 Å². The molecule has 0 radical (unpaired) electrons. The standard InChI is InChI=1S/C15H26N.CN/c1-3-5-6-7-8-10-13-16-14-11-9-12-15(16)4-2;1-2/h9,11-12,14H,3-8,10,13H2,1-2H3;/q+1;-1. The van der Waals surface area contributed by atoms with E-state index in [2.05, 4.69) is 42.8 Å². The first kappa shape index (κ1) is 16.6. The van der Waals surface area contributed by atoms with Gasteiger partial charge in [0.1, 0.15) is 6.54 Å². The van der Waals surface area contributed by atoms with E-state index in [-0.39, 0.29) is 0 Å². The highest BCUT2D eigenvalue weighted by molar-refractivity contribution is 4.96. The van der Waals surface area contributed by atoms with Crippen molar-refractivity contribution in [1.82, 2.24) is 0 Å². The lowest BCUT2D eigenvalue weighted by atomic mass is 10.1. The van der Waals surface area contributed by atoms with E-state index in [0.29, 0.717) is 0 Å². The van der Waals surface area contributed by atoms with Crippen LogP contribution in [-0.4, -0.2) is 0 Å². The minimum absolute atomic E-state index is 1.14. The van der Waals surface area contributed by atoms with E-state index in [1.54, 1.807) is 0 Å². The van der Waals surface area contributed by atoms with Crippen LogP contribution in [-0.2, 0) is 13.0 Å². The van der Waals surface area contributed by atoms with Crippen LogP contribution in [0.25, 0.3) is 0 Å². The molecular weight excluding hydrogens is 220 g/mol. The molecule has 0 aliphatic rings. The van der Waals surface area contributed by atoms with Gasteiger partial charge in [0.25, 0.3) is 0 Å². The maximum Gasteiger partial charge on any atom is 0.181 e. The highest BCUT2D eigenvalue weighted by Gasteiger charge is 2.05. The molecule has 18 heavy (non-hydrogen) atoms. The second-order valence-electron chi connectivity index (χ2n) is 4.51. The van der Waals surface area contributed by atoms with Gasteiger partial charge in [-0.15, -0.1) is 0 Å². The quantitative estimate of drug-likeness (QED) is 0.387. The van der Waals surface area contributed by atoms with Crippen molar-refractivity contribution in [3.63, 3.8) is 0 Å². The van der Waals surface area contributed by atoms with E-state index in [9.17, 15) is 0 Å². The Kier molecular flexibility index (Phi) is 11.2. The molecule has 0 aliphatic carbocycles. The maximum atomic E-state index is 6.25. The summed E-state index contributed by atoms with van der Waals surface area (Å²) in [7, 11) is 0. The van der Waals surface area contributed by atoms with Crippen molar-refractivity contribution in [3.8, 4) is 0 Å². The predicted octanol–water partition coefficient (Wildman–Crippen LogP) is 3.99. The summed E-state index contributed by atoms with van der Waals surface area (Å²) >= 11 is 0. The lowest BCUT2D eigenvalue weighted by Gasteiger charge is -2.02. The van der Waals surface area contributed by atoms with Gasteiger partial charge < -0.3 is 11.8 Å². The maximum absolute atomic E-state index is 6.25. The number of aromatic nitrogens is 1. The molecule has 0 aliphatic heterocycles. The summed E-state index contributed by atoms with van der Waals surface area (Å²) in [5.74, 6) is 0. The molecule has 0 bridgehead atoms. The number of unbranched alkanes of at least 4 members (excludes halogenated alkanes) is 5. The van der Waals surface area contributed by atoms with Gasteiger partial charge in [0.2, 0.25) is 0 Å². The van der Waals surface area contributed by atoms with Crippen molar-refractivity contribution in [2.45, 2.75) is 65.3 Å². The van der Waals surface area contributed by atoms with Crippen LogP contribution in [0.3, 0.4) is 0 Å². The molecule has 1 aromatic rings. The molecule has 1 heterocycles. The normalized spacial score (nSPS) is 9.56. The lowest BCUT2D eigenvalue weighted by molar-refractivity contribution is -0.704. The first-order chi connectivity index (χ1) is 8.88. The van der Waals surface area contributed by atoms with Crippen molar-refractivity contribution >= 4 is 0 Å². The fourth-order valence-corrected chi connectivity index (χ4v) is 2.11. The van der Waals surface area contributed by atoms with Gasteiger partial charge >= 0.3 is 0 Å². The minimum Gasteiger partial charge on any atom is -0.512 e. The lowest BCUT2D eigenvalue weighted by Crippen LogP contribution is -2.37. The third kappa shape index (κ3) is 7.06. The highest BCUT2D eigenvalue weighted by Crippen LogP contribution is 2.05. The summed E-state index contributed by atoms with van der Waals surface area (Å²) in [5.41, 5.74) is 1.45. The van der Waals surface area contributed by atoms with Crippen LogP contribution < -0.4 is 4.57 Å². The Balaban J connectivity index is 0.00000137. The fourth-order valence-electron chi connectivity index (χ4n) is 2.11. The van der Waals surface area contributed by atoms with Crippen LogP contribution in [0.1, 0.15) is 58.1 Å². The Bertz CT molecular complexity index is 318. The van der Waals surface area contributed by atoms with Crippen LogP contribution in [0.15, 0.2) is 24.4 Å². The summed E-state index contributed by atoms with van der Waals surface area (Å²) in [5, 5.41) is 6.25. The first-order valence-corrected chi connectivity index (χ1v) is 7.08. The Morgan fingerprint density at radius 1 is 1.00 bits per heavy atom. The first-order valence-electron chi connectivity index (χ1n) is 7.08. The summed E-state index contributed by atoms with van der Waals surface area (Å²) in [6, 6.07) is 6.50. The Morgan fingerprint density at radius 2 is 1.67 bits per heavy atom. The monoisotopic (exact) mass is 246 g/mol. The van der Waals surface area contributed by atoms with Gasteiger partial charge in [-0.05, 0) is 6.42 Å². The third-order valence-electron chi connectivity index (χ3n) is 3.15. The van der Waals surface area contributed by atoms with Crippen LogP contribution in [0.5, 0.6) is 0 Å². The molecule has 0 saturated heterocycles. The van der Waals surface area contributed by atoms with Gasteiger partial charge in [0.05, 0.1) is 0 Å². The molecule has 0 aromatic carbocycles. The zero-order valence-corrected chi connectivity index (χ0v) is 11.9. The summed E-state index contributed by atoms with van der Waals surface area (Å²) < 4.78 is 2.40. The predicted molar refractivity (Wildman–Crippen MR) is 74.4 cm³/mol. The van der Waals surface area contributed by atoms with E-state index < -0.39 is 0 Å². The second-order valence-corrected chi connectivity index (χ2v) is 4.51. The van der Waals surface area contributed by atoms with Gasteiger partial charge in [-0.3, -0.25) is 0 Å². The number of hydrogen-bond acceptors (Lipinski definition) is 1. The molecule has 0 amide bonds. The van der Waals surface area contributed by atoms with Crippen LogP contribution in [0.4, 0.5) is 0 Å². The van der Waals surface area contributed by atoms with Crippen molar-refractivity contribution in [2.24, 2.45) is 0 Å². The van der Waals surface area contributed by atoms with Gasteiger partial charge in [0, 0.05) is 25.0 Å². The van der Waals surface area contributed by atoms with Crippen molar-refractivity contribution in [1.29, 1.82) is 5.26 Å². The molecule has 0 saturated carbocycles. The van der Waals surface area contributed by atoms with Crippen LogP contribution in [0, 0.1) is 11.8 Å². The van der Waals surface area contributed by atoms with E-state index in [4.69, 9.17) is 11.8 Å². The van der Waals surface area contributed by atoms with E-state index >= 15 is 0 Å². The van der Waals surface area contributed by atoms with Crippen molar-refractivity contribution in [2.75, 3.05) is 0 Å². The Labute approximate surface area is 112 Å². The topological polar surface area (TPSA) is 27.7 Å². The number of nitrogens with zero attached hydrogens (tertiary/aromatic N) is 2. The zero-order chi connectivity index (χ0) is 13.6. The van der Waals surface area contributed by atoms with Gasteiger partial charge in [-0.1, -0.05) is 45.6 Å². The molecule has 2 heteroatoms. The summed E-state index contributed by atoms with van der Waals surface area (Å²) in [6.45, 7) is 10.4. The summed E-state index contributed by atoms with van der Waals surface area (Å²) in [4.78, 5) is 0. The fraction of sp³-hybridized carbons (Fsp3) is 0.625. The number of rotatable bonds is 8. The van der Waals surface area contributed by atoms with Crippen LogP contribution >= 0.6 is 0 Å². The van der Waals surface area contributed by atoms with Gasteiger partial charge in [0.15, 0.2) is 11.9 Å². The highest BCUT2D eigenvalue weighted by atomic mass is 14.9. The second kappa shape index (κ2) is 12.1. The van der Waals surface area contributed by atoms with E-state index in [1.807, 2.05) is 0 Å². The molecular formula is C16H26N2. The zero-order valence-electron chi connectivity index (χ0n) is 11.9.